The number of thiazole rings is 1. The fraction of sp³-hybridized carbons (Fsp3) is 0.100. The van der Waals surface area contributed by atoms with Crippen LogP contribution in [0.1, 0.15) is 10.4 Å². The molecule has 0 atom stereocenters. The van der Waals surface area contributed by atoms with Crippen LogP contribution in [-0.2, 0) is 9.53 Å². The molecule has 0 fully saturated rings. The number of esters is 1. The molecule has 0 saturated heterocycles. The number of aromatic nitrogens is 3. The molecular weight excluding hydrogens is 334 g/mol. The summed E-state index contributed by atoms with van der Waals surface area (Å²) in [6.45, 7) is -0.745. The minimum atomic E-state index is -1.12. The number of amides is 1. The van der Waals surface area contributed by atoms with Gasteiger partial charge in [-0.1, -0.05) is 0 Å². The van der Waals surface area contributed by atoms with E-state index >= 15 is 0 Å². The summed E-state index contributed by atoms with van der Waals surface area (Å²) in [4.78, 5) is 62.5. The highest BCUT2D eigenvalue weighted by atomic mass is 32.1. The molecule has 3 N–H and O–H groups in total. The van der Waals surface area contributed by atoms with Gasteiger partial charge in [0.1, 0.15) is 11.8 Å². The third-order valence-corrected chi connectivity index (χ3v) is 3.16. The van der Waals surface area contributed by atoms with Crippen LogP contribution in [0, 0.1) is 10.1 Å². The van der Waals surface area contributed by atoms with Gasteiger partial charge in [-0.25, -0.2) is 14.6 Å². The summed E-state index contributed by atoms with van der Waals surface area (Å²) in [7, 11) is 0. The lowest BCUT2D eigenvalue weighted by Gasteiger charge is -2.03. The molecule has 120 valence electrons. The minimum Gasteiger partial charge on any atom is -0.452 e. The maximum atomic E-state index is 11.6. The lowest BCUT2D eigenvalue weighted by molar-refractivity contribution is -0.380. The first-order chi connectivity index (χ1) is 10.9. The molecule has 23 heavy (non-hydrogen) atoms. The van der Waals surface area contributed by atoms with Crippen LogP contribution in [-0.4, -0.2) is 38.4 Å². The molecule has 2 rings (SSSR count). The van der Waals surface area contributed by atoms with E-state index in [1.165, 1.54) is 0 Å². The molecule has 0 aliphatic rings. The summed E-state index contributed by atoms with van der Waals surface area (Å²) in [6, 6.07) is 0. The number of nitro groups is 1. The van der Waals surface area contributed by atoms with Gasteiger partial charge in [0, 0.05) is 6.20 Å². The first kappa shape index (κ1) is 16.0. The summed E-state index contributed by atoms with van der Waals surface area (Å²) >= 11 is 0.627. The SMILES string of the molecule is O=C(COC(=O)c1c[nH]c(=O)[nH]c1=O)Nc1ncc([N+](=O)[O-])s1. The van der Waals surface area contributed by atoms with E-state index in [1.807, 2.05) is 4.98 Å². The average molecular weight is 341 g/mol. The van der Waals surface area contributed by atoms with E-state index in [0.29, 0.717) is 11.3 Å². The molecule has 2 aromatic rings. The highest BCUT2D eigenvalue weighted by Crippen LogP contribution is 2.24. The largest absolute Gasteiger partial charge is 0.452 e. The Morgan fingerprint density at radius 3 is 2.78 bits per heavy atom. The van der Waals surface area contributed by atoms with E-state index < -0.39 is 40.2 Å². The maximum absolute atomic E-state index is 11.6. The first-order valence-corrected chi connectivity index (χ1v) is 6.57. The molecule has 0 aliphatic heterocycles. The predicted octanol–water partition coefficient (Wildman–Crippen LogP) is -0.777. The molecule has 0 aliphatic carbocycles. The van der Waals surface area contributed by atoms with Crippen LogP contribution in [0.25, 0.3) is 0 Å². The fourth-order valence-corrected chi connectivity index (χ4v) is 1.98. The van der Waals surface area contributed by atoms with Gasteiger partial charge in [-0.2, -0.15) is 0 Å². The molecule has 13 heteroatoms. The topological polar surface area (TPSA) is 177 Å². The van der Waals surface area contributed by atoms with Crippen molar-refractivity contribution in [2.45, 2.75) is 0 Å². The Morgan fingerprint density at radius 1 is 1.43 bits per heavy atom. The Balaban J connectivity index is 1.93. The van der Waals surface area contributed by atoms with Crippen molar-refractivity contribution in [3.63, 3.8) is 0 Å². The lowest BCUT2D eigenvalue weighted by atomic mass is 10.3. The van der Waals surface area contributed by atoms with Crippen LogP contribution in [0.3, 0.4) is 0 Å². The molecular formula is C10H7N5O7S. The molecule has 2 aromatic heterocycles. The monoisotopic (exact) mass is 341 g/mol. The number of H-pyrrole nitrogens is 2. The Bertz CT molecular complexity index is 882. The van der Waals surface area contributed by atoms with Gasteiger partial charge in [-0.05, 0) is 11.3 Å². The number of anilines is 1. The maximum Gasteiger partial charge on any atom is 0.345 e. The third-order valence-electron chi connectivity index (χ3n) is 2.29. The van der Waals surface area contributed by atoms with E-state index in [2.05, 4.69) is 20.0 Å². The zero-order chi connectivity index (χ0) is 17.0. The van der Waals surface area contributed by atoms with Crippen LogP contribution < -0.4 is 16.6 Å². The van der Waals surface area contributed by atoms with Crippen molar-refractivity contribution >= 4 is 33.3 Å². The summed E-state index contributed by atoms with van der Waals surface area (Å²) < 4.78 is 4.59. The molecule has 0 bridgehead atoms. The summed E-state index contributed by atoms with van der Waals surface area (Å²) in [6.07, 6.45) is 1.82. The highest BCUT2D eigenvalue weighted by molar-refractivity contribution is 7.18. The standard InChI is InChI=1S/C10H7N5O7S/c16-5(13-10-12-2-6(23-10)15(20)21)3-22-8(18)4-1-11-9(19)14-7(4)17/h1-2H,3H2,(H,12,13,16)(H2,11,14,17,19). The highest BCUT2D eigenvalue weighted by Gasteiger charge is 2.16. The molecule has 2 heterocycles. The van der Waals surface area contributed by atoms with Crippen molar-refractivity contribution in [3.8, 4) is 0 Å². The van der Waals surface area contributed by atoms with E-state index in [1.54, 1.807) is 0 Å². The Hall–Kier alpha value is -3.35. The molecule has 1 amide bonds. The second-order valence-electron chi connectivity index (χ2n) is 3.87. The Morgan fingerprint density at radius 2 is 2.17 bits per heavy atom. The number of hydrogen-bond acceptors (Lipinski definition) is 9. The molecule has 0 unspecified atom stereocenters. The van der Waals surface area contributed by atoms with Crippen LogP contribution in [0.5, 0.6) is 0 Å². The molecule has 0 radical (unpaired) electrons. The van der Waals surface area contributed by atoms with Gasteiger partial charge >= 0.3 is 16.7 Å². The van der Waals surface area contributed by atoms with E-state index in [9.17, 15) is 29.3 Å². The van der Waals surface area contributed by atoms with Crippen molar-refractivity contribution in [1.29, 1.82) is 0 Å². The number of nitrogens with zero attached hydrogens (tertiary/aromatic N) is 2. The van der Waals surface area contributed by atoms with Crippen molar-refractivity contribution in [2.24, 2.45) is 0 Å². The predicted molar refractivity (Wildman–Crippen MR) is 75.4 cm³/mol. The lowest BCUT2D eigenvalue weighted by Crippen LogP contribution is -2.29. The zero-order valence-corrected chi connectivity index (χ0v) is 11.8. The van der Waals surface area contributed by atoms with Gasteiger partial charge in [0.25, 0.3) is 11.5 Å². The average Bonchev–Trinajstić information content (AvgIpc) is 2.93. The molecule has 12 nitrogen and oxygen atoms in total. The van der Waals surface area contributed by atoms with Crippen LogP contribution in [0.4, 0.5) is 10.1 Å². The van der Waals surface area contributed by atoms with Gasteiger partial charge < -0.3 is 9.72 Å². The van der Waals surface area contributed by atoms with Crippen LogP contribution >= 0.6 is 11.3 Å². The number of nitrogens with one attached hydrogen (secondary N) is 3. The van der Waals surface area contributed by atoms with Crippen LogP contribution in [0.15, 0.2) is 22.0 Å². The number of rotatable bonds is 5. The number of ether oxygens (including phenoxy) is 1. The quantitative estimate of drug-likeness (QED) is 0.360. The summed E-state index contributed by atoms with van der Waals surface area (Å²) in [5.74, 6) is -1.92. The van der Waals surface area contributed by atoms with Gasteiger partial charge in [0.15, 0.2) is 11.7 Å². The number of hydrogen-bond donors (Lipinski definition) is 3. The van der Waals surface area contributed by atoms with Gasteiger partial charge in [0.05, 0.1) is 4.92 Å². The van der Waals surface area contributed by atoms with Gasteiger partial charge in [0.2, 0.25) is 0 Å². The van der Waals surface area contributed by atoms with Crippen molar-refractivity contribution in [2.75, 3.05) is 11.9 Å². The molecule has 0 aromatic carbocycles. The van der Waals surface area contributed by atoms with Crippen LogP contribution in [0.2, 0.25) is 0 Å². The summed E-state index contributed by atoms with van der Waals surface area (Å²) in [5.41, 5.74) is -2.24. The normalized spacial score (nSPS) is 10.1. The van der Waals surface area contributed by atoms with E-state index in [-0.39, 0.29) is 10.1 Å². The fourth-order valence-electron chi connectivity index (χ4n) is 1.33. The minimum absolute atomic E-state index is 0.0420. The zero-order valence-electron chi connectivity index (χ0n) is 11.0. The van der Waals surface area contributed by atoms with E-state index in [4.69, 9.17) is 0 Å². The first-order valence-electron chi connectivity index (χ1n) is 5.76. The Kier molecular flexibility index (Phi) is 4.61. The Labute approximate surface area is 129 Å². The van der Waals surface area contributed by atoms with Gasteiger partial charge in [-0.3, -0.25) is 30.0 Å². The second kappa shape index (κ2) is 6.61. The van der Waals surface area contributed by atoms with Gasteiger partial charge in [-0.15, -0.1) is 0 Å². The van der Waals surface area contributed by atoms with E-state index in [0.717, 1.165) is 12.4 Å². The van der Waals surface area contributed by atoms with Crippen molar-refractivity contribution in [3.05, 3.63) is 48.9 Å². The molecule has 0 spiro atoms. The van der Waals surface area contributed by atoms with Crippen molar-refractivity contribution < 1.29 is 19.2 Å². The number of carbonyl (C=O) groups is 2. The number of aromatic amines is 2. The van der Waals surface area contributed by atoms with Crippen molar-refractivity contribution in [1.82, 2.24) is 15.0 Å². The third kappa shape index (κ3) is 4.07. The second-order valence-corrected chi connectivity index (χ2v) is 4.88. The molecule has 0 saturated carbocycles. The summed E-state index contributed by atoms with van der Waals surface area (Å²) in [5, 5.41) is 12.3. The number of carbonyl (C=O) groups excluding carboxylic acids is 2. The smallest absolute Gasteiger partial charge is 0.345 e.